The minimum atomic E-state index is -0.796. The van der Waals surface area contributed by atoms with Crippen molar-refractivity contribution in [3.8, 4) is 0 Å². The molecule has 3 N–H and O–H groups in total. The zero-order chi connectivity index (χ0) is 16.7. The maximum Gasteiger partial charge on any atom is 0.303 e. The smallest absolute Gasteiger partial charge is 0.303 e. The Morgan fingerprint density at radius 3 is 1.35 bits per heavy atom. The number of hydrogen-bond donors (Lipinski definition) is 3. The highest BCUT2D eigenvalue weighted by molar-refractivity contribution is 5.67. The van der Waals surface area contributed by atoms with Gasteiger partial charge in [0.15, 0.2) is 0 Å². The van der Waals surface area contributed by atoms with Gasteiger partial charge in [-0.05, 0) is 48.2 Å². The Balaban J connectivity index is 1.91. The minimum absolute atomic E-state index is 0.130. The van der Waals surface area contributed by atoms with Gasteiger partial charge in [-0.25, -0.2) is 0 Å². The summed E-state index contributed by atoms with van der Waals surface area (Å²) in [5.74, 6) is -1.59. The van der Waals surface area contributed by atoms with Gasteiger partial charge >= 0.3 is 11.9 Å². The topological polar surface area (TPSA) is 86.6 Å². The van der Waals surface area contributed by atoms with Crippen molar-refractivity contribution in [2.24, 2.45) is 0 Å². The molecule has 0 radical (unpaired) electrons. The molecule has 120 valence electrons. The van der Waals surface area contributed by atoms with E-state index in [1.165, 1.54) is 0 Å². The number of aliphatic carboxylic acids is 2. The summed E-state index contributed by atoms with van der Waals surface area (Å²) < 4.78 is 0. The lowest BCUT2D eigenvalue weighted by Crippen LogP contribution is -1.98. The van der Waals surface area contributed by atoms with Crippen LogP contribution in [-0.4, -0.2) is 22.2 Å². The van der Waals surface area contributed by atoms with Crippen LogP contribution in [0, 0.1) is 0 Å². The first-order valence-electron chi connectivity index (χ1n) is 7.41. The number of carboxylic acid groups (broad SMARTS) is 2. The van der Waals surface area contributed by atoms with E-state index in [0.29, 0.717) is 12.8 Å². The van der Waals surface area contributed by atoms with Crippen molar-refractivity contribution in [3.63, 3.8) is 0 Å². The number of aryl methyl sites for hydroxylation is 2. The standard InChI is InChI=1S/C18H19NO4/c20-17(21)11-5-13-1-7-15(8-2-13)19-16-9-3-14(4-10-16)6-12-18(22)23/h1-4,7-10,19H,5-6,11-12H2,(H,20,21)(H,22,23). The van der Waals surface area contributed by atoms with Crippen molar-refractivity contribution in [1.82, 2.24) is 0 Å². The fraction of sp³-hybridized carbons (Fsp3) is 0.222. The molecule has 2 rings (SSSR count). The molecule has 0 aliphatic carbocycles. The molecular formula is C18H19NO4. The van der Waals surface area contributed by atoms with E-state index in [2.05, 4.69) is 5.32 Å². The Hall–Kier alpha value is -2.82. The van der Waals surface area contributed by atoms with E-state index < -0.39 is 11.9 Å². The van der Waals surface area contributed by atoms with Crippen LogP contribution in [0.1, 0.15) is 24.0 Å². The van der Waals surface area contributed by atoms with Gasteiger partial charge in [-0.3, -0.25) is 9.59 Å². The summed E-state index contributed by atoms with van der Waals surface area (Å²) in [7, 11) is 0. The second-order valence-electron chi connectivity index (χ2n) is 5.31. The second-order valence-corrected chi connectivity index (χ2v) is 5.31. The monoisotopic (exact) mass is 313 g/mol. The van der Waals surface area contributed by atoms with Crippen LogP contribution in [0.15, 0.2) is 48.5 Å². The van der Waals surface area contributed by atoms with Gasteiger partial charge in [-0.1, -0.05) is 24.3 Å². The second kappa shape index (κ2) is 7.98. The van der Waals surface area contributed by atoms with Crippen LogP contribution in [0.3, 0.4) is 0 Å². The van der Waals surface area contributed by atoms with E-state index in [4.69, 9.17) is 10.2 Å². The summed E-state index contributed by atoms with van der Waals surface area (Å²) in [6.07, 6.45) is 1.30. The Kier molecular flexibility index (Phi) is 5.74. The van der Waals surface area contributed by atoms with Crippen LogP contribution >= 0.6 is 0 Å². The number of carboxylic acids is 2. The SMILES string of the molecule is O=C(O)CCc1ccc(Nc2ccc(CCC(=O)O)cc2)cc1. The van der Waals surface area contributed by atoms with Gasteiger partial charge in [-0.15, -0.1) is 0 Å². The molecule has 0 heterocycles. The predicted molar refractivity (Wildman–Crippen MR) is 88.1 cm³/mol. The fourth-order valence-electron chi connectivity index (χ4n) is 2.18. The van der Waals surface area contributed by atoms with Crippen LogP contribution in [0.5, 0.6) is 0 Å². The van der Waals surface area contributed by atoms with E-state index in [-0.39, 0.29) is 12.8 Å². The van der Waals surface area contributed by atoms with Crippen LogP contribution in [0.4, 0.5) is 11.4 Å². The molecule has 0 fully saturated rings. The summed E-state index contributed by atoms with van der Waals surface area (Å²) in [5, 5.41) is 20.6. The van der Waals surface area contributed by atoms with Crippen molar-refractivity contribution < 1.29 is 19.8 Å². The number of rotatable bonds is 8. The molecule has 0 saturated heterocycles. The van der Waals surface area contributed by atoms with Gasteiger partial charge in [-0.2, -0.15) is 0 Å². The minimum Gasteiger partial charge on any atom is -0.481 e. The van der Waals surface area contributed by atoms with E-state index >= 15 is 0 Å². The molecule has 0 amide bonds. The number of nitrogens with one attached hydrogen (secondary N) is 1. The molecular weight excluding hydrogens is 294 g/mol. The van der Waals surface area contributed by atoms with Gasteiger partial charge in [0.25, 0.3) is 0 Å². The quantitative estimate of drug-likeness (QED) is 0.694. The average molecular weight is 313 g/mol. The summed E-state index contributed by atoms with van der Waals surface area (Å²) in [4.78, 5) is 21.1. The summed E-state index contributed by atoms with van der Waals surface area (Å²) in [5.41, 5.74) is 3.81. The van der Waals surface area contributed by atoms with E-state index in [1.807, 2.05) is 48.5 Å². The van der Waals surface area contributed by atoms with Crippen molar-refractivity contribution >= 4 is 23.3 Å². The van der Waals surface area contributed by atoms with Crippen LogP contribution in [-0.2, 0) is 22.4 Å². The zero-order valence-corrected chi connectivity index (χ0v) is 12.7. The van der Waals surface area contributed by atoms with Crippen molar-refractivity contribution in [1.29, 1.82) is 0 Å². The molecule has 5 nitrogen and oxygen atoms in total. The number of hydrogen-bond acceptors (Lipinski definition) is 3. The molecule has 5 heteroatoms. The molecule has 0 aliphatic rings. The third-order valence-corrected chi connectivity index (χ3v) is 3.45. The Morgan fingerprint density at radius 1 is 0.696 bits per heavy atom. The Morgan fingerprint density at radius 2 is 1.04 bits per heavy atom. The first kappa shape index (κ1) is 16.5. The fourth-order valence-corrected chi connectivity index (χ4v) is 2.18. The lowest BCUT2D eigenvalue weighted by atomic mass is 10.1. The van der Waals surface area contributed by atoms with Gasteiger partial charge in [0, 0.05) is 24.2 Å². The van der Waals surface area contributed by atoms with Crippen molar-refractivity contribution in [2.75, 3.05) is 5.32 Å². The summed E-state index contributed by atoms with van der Waals surface area (Å²) in [6, 6.07) is 15.3. The number of carbonyl (C=O) groups is 2. The lowest BCUT2D eigenvalue weighted by molar-refractivity contribution is -0.138. The van der Waals surface area contributed by atoms with Gasteiger partial charge in [0.2, 0.25) is 0 Å². The molecule has 0 bridgehead atoms. The van der Waals surface area contributed by atoms with Crippen LogP contribution in [0.2, 0.25) is 0 Å². The number of benzene rings is 2. The van der Waals surface area contributed by atoms with E-state index in [9.17, 15) is 9.59 Å². The molecule has 0 aliphatic heterocycles. The first-order chi connectivity index (χ1) is 11.0. The van der Waals surface area contributed by atoms with Gasteiger partial charge in [0.05, 0.1) is 0 Å². The molecule has 0 unspecified atom stereocenters. The maximum atomic E-state index is 10.5. The molecule has 2 aromatic carbocycles. The zero-order valence-electron chi connectivity index (χ0n) is 12.7. The molecule has 2 aromatic rings. The highest BCUT2D eigenvalue weighted by Crippen LogP contribution is 2.18. The van der Waals surface area contributed by atoms with Crippen LogP contribution in [0.25, 0.3) is 0 Å². The lowest BCUT2D eigenvalue weighted by Gasteiger charge is -2.08. The van der Waals surface area contributed by atoms with Crippen molar-refractivity contribution in [3.05, 3.63) is 59.7 Å². The largest absolute Gasteiger partial charge is 0.481 e. The van der Waals surface area contributed by atoms with E-state index in [0.717, 1.165) is 22.5 Å². The molecule has 0 saturated carbocycles. The predicted octanol–water partition coefficient (Wildman–Crippen LogP) is 3.46. The molecule has 0 aromatic heterocycles. The molecule has 0 atom stereocenters. The Bertz CT molecular complexity index is 603. The highest BCUT2D eigenvalue weighted by Gasteiger charge is 2.01. The molecule has 0 spiro atoms. The first-order valence-corrected chi connectivity index (χ1v) is 7.41. The van der Waals surface area contributed by atoms with Gasteiger partial charge in [0.1, 0.15) is 0 Å². The Labute approximate surface area is 134 Å². The van der Waals surface area contributed by atoms with Crippen molar-refractivity contribution in [2.45, 2.75) is 25.7 Å². The van der Waals surface area contributed by atoms with Crippen LogP contribution < -0.4 is 5.32 Å². The van der Waals surface area contributed by atoms with E-state index in [1.54, 1.807) is 0 Å². The molecule has 23 heavy (non-hydrogen) atoms. The average Bonchev–Trinajstić information content (AvgIpc) is 2.53. The third kappa shape index (κ3) is 5.82. The summed E-state index contributed by atoms with van der Waals surface area (Å²) >= 11 is 0. The normalized spacial score (nSPS) is 10.3. The summed E-state index contributed by atoms with van der Waals surface area (Å²) in [6.45, 7) is 0. The highest BCUT2D eigenvalue weighted by atomic mass is 16.4. The van der Waals surface area contributed by atoms with Gasteiger partial charge < -0.3 is 15.5 Å². The number of anilines is 2. The third-order valence-electron chi connectivity index (χ3n) is 3.45. The maximum absolute atomic E-state index is 10.5.